The number of nitrogens with zero attached hydrogens (tertiary/aromatic N) is 3. The van der Waals surface area contributed by atoms with Gasteiger partial charge in [0.05, 0.1) is 17.1 Å². The van der Waals surface area contributed by atoms with Crippen LogP contribution in [-0.2, 0) is 16.6 Å². The van der Waals surface area contributed by atoms with Crippen molar-refractivity contribution in [2.45, 2.75) is 25.3 Å². The van der Waals surface area contributed by atoms with Crippen molar-refractivity contribution in [2.24, 2.45) is 0 Å². The molecule has 0 aliphatic rings. The maximum atomic E-state index is 13.3. The van der Waals surface area contributed by atoms with E-state index in [0.29, 0.717) is 29.4 Å². The van der Waals surface area contributed by atoms with E-state index in [9.17, 15) is 13.2 Å². The van der Waals surface area contributed by atoms with Gasteiger partial charge in [-0.1, -0.05) is 31.5 Å². The first kappa shape index (κ1) is 22.9. The number of aromatic nitrogens is 1. The molecular formula is C23H24ClN3O3S. The number of hydrogen-bond donors (Lipinski definition) is 0. The maximum absolute atomic E-state index is 13.3. The molecule has 3 aromatic rings. The number of carbonyl (C=O) groups is 1. The molecule has 1 aromatic heterocycles. The first-order chi connectivity index (χ1) is 14.9. The van der Waals surface area contributed by atoms with Gasteiger partial charge < -0.3 is 4.90 Å². The summed E-state index contributed by atoms with van der Waals surface area (Å²) in [5.41, 5.74) is 1.77. The highest BCUT2D eigenvalue weighted by atomic mass is 35.5. The molecule has 0 unspecified atom stereocenters. The monoisotopic (exact) mass is 457 g/mol. The van der Waals surface area contributed by atoms with Gasteiger partial charge in [-0.05, 0) is 60.7 Å². The summed E-state index contributed by atoms with van der Waals surface area (Å²) in [6.07, 6.45) is 1.67. The maximum Gasteiger partial charge on any atom is 0.258 e. The molecule has 0 spiro atoms. The van der Waals surface area contributed by atoms with Crippen LogP contribution in [0.25, 0.3) is 0 Å². The predicted octanol–water partition coefficient (Wildman–Crippen LogP) is 4.61. The van der Waals surface area contributed by atoms with Gasteiger partial charge in [0.1, 0.15) is 0 Å². The van der Waals surface area contributed by atoms with Crippen LogP contribution in [0.4, 0.5) is 5.69 Å². The third-order valence-electron chi connectivity index (χ3n) is 4.87. The molecule has 0 saturated heterocycles. The second kappa shape index (κ2) is 10.0. The molecule has 0 bridgehead atoms. The summed E-state index contributed by atoms with van der Waals surface area (Å²) in [6, 6.07) is 18.5. The molecule has 0 fully saturated rings. The van der Waals surface area contributed by atoms with Crippen LogP contribution in [0, 0.1) is 0 Å². The average molecular weight is 458 g/mol. The van der Waals surface area contributed by atoms with E-state index in [2.05, 4.69) is 4.98 Å². The summed E-state index contributed by atoms with van der Waals surface area (Å²) in [6.45, 7) is 4.61. The Kier molecular flexibility index (Phi) is 7.43. The van der Waals surface area contributed by atoms with Crippen LogP contribution in [0.3, 0.4) is 0 Å². The van der Waals surface area contributed by atoms with Crippen molar-refractivity contribution in [1.82, 2.24) is 9.29 Å². The Balaban J connectivity index is 1.93. The van der Waals surface area contributed by atoms with Gasteiger partial charge >= 0.3 is 0 Å². The zero-order chi connectivity index (χ0) is 22.4. The van der Waals surface area contributed by atoms with Gasteiger partial charge in [-0.3, -0.25) is 9.78 Å². The largest absolute Gasteiger partial charge is 0.302 e. The van der Waals surface area contributed by atoms with Crippen LogP contribution < -0.4 is 4.90 Å². The van der Waals surface area contributed by atoms with Gasteiger partial charge in [-0.2, -0.15) is 4.31 Å². The Hall–Kier alpha value is -2.74. The third kappa shape index (κ3) is 5.31. The molecule has 8 heteroatoms. The summed E-state index contributed by atoms with van der Waals surface area (Å²) in [5, 5.41) is 0.569. The Morgan fingerprint density at radius 3 is 2.13 bits per heavy atom. The molecule has 0 saturated carbocycles. The number of amides is 1. The number of anilines is 1. The predicted molar refractivity (Wildman–Crippen MR) is 123 cm³/mol. The summed E-state index contributed by atoms with van der Waals surface area (Å²) in [5.74, 6) is -0.264. The highest BCUT2D eigenvalue weighted by molar-refractivity contribution is 7.89. The second-order valence-corrected chi connectivity index (χ2v) is 9.18. The van der Waals surface area contributed by atoms with Crippen LogP contribution in [0.5, 0.6) is 0 Å². The van der Waals surface area contributed by atoms with E-state index >= 15 is 0 Å². The fraction of sp³-hybridized carbons (Fsp3) is 0.217. The number of sulfonamides is 1. The fourth-order valence-corrected chi connectivity index (χ4v) is 4.78. The molecule has 0 aliphatic carbocycles. The van der Waals surface area contributed by atoms with Crippen LogP contribution in [-0.4, -0.2) is 36.7 Å². The van der Waals surface area contributed by atoms with Crippen molar-refractivity contribution >= 4 is 33.2 Å². The van der Waals surface area contributed by atoms with Crippen LogP contribution >= 0.6 is 11.6 Å². The van der Waals surface area contributed by atoms with Crippen LogP contribution in [0.1, 0.15) is 29.9 Å². The molecule has 6 nitrogen and oxygen atoms in total. The van der Waals surface area contributed by atoms with E-state index in [4.69, 9.17) is 11.6 Å². The SMILES string of the molecule is CCN(CC)S(=O)(=O)c1ccc(C(=O)N(Cc2ccccn2)c2ccc(Cl)cc2)cc1. The van der Waals surface area contributed by atoms with Crippen molar-refractivity contribution in [3.05, 3.63) is 89.2 Å². The van der Waals surface area contributed by atoms with Gasteiger partial charge in [-0.25, -0.2) is 8.42 Å². The lowest BCUT2D eigenvalue weighted by atomic mass is 10.1. The summed E-state index contributed by atoms with van der Waals surface area (Å²) < 4.78 is 26.8. The zero-order valence-electron chi connectivity index (χ0n) is 17.4. The van der Waals surface area contributed by atoms with Gasteiger partial charge in [0, 0.05) is 35.6 Å². The first-order valence-electron chi connectivity index (χ1n) is 9.94. The zero-order valence-corrected chi connectivity index (χ0v) is 19.0. The van der Waals surface area contributed by atoms with Crippen molar-refractivity contribution in [1.29, 1.82) is 0 Å². The molecule has 0 radical (unpaired) electrons. The van der Waals surface area contributed by atoms with Crippen LogP contribution in [0.2, 0.25) is 5.02 Å². The molecule has 162 valence electrons. The van der Waals surface area contributed by atoms with E-state index in [1.807, 2.05) is 18.2 Å². The lowest BCUT2D eigenvalue weighted by molar-refractivity contribution is 0.0984. The third-order valence-corrected chi connectivity index (χ3v) is 7.19. The number of rotatable bonds is 8. The van der Waals surface area contributed by atoms with Crippen molar-refractivity contribution in [2.75, 3.05) is 18.0 Å². The lowest BCUT2D eigenvalue weighted by Gasteiger charge is -2.23. The normalized spacial score (nSPS) is 11.5. The second-order valence-electron chi connectivity index (χ2n) is 6.80. The Morgan fingerprint density at radius 2 is 1.58 bits per heavy atom. The Bertz CT molecular complexity index is 1110. The highest BCUT2D eigenvalue weighted by Gasteiger charge is 2.23. The minimum atomic E-state index is -3.59. The topological polar surface area (TPSA) is 70.6 Å². The molecule has 0 atom stereocenters. The Morgan fingerprint density at radius 1 is 0.935 bits per heavy atom. The molecular weight excluding hydrogens is 434 g/mol. The van der Waals surface area contributed by atoms with E-state index in [1.54, 1.807) is 61.3 Å². The molecule has 0 N–H and O–H groups in total. The van der Waals surface area contributed by atoms with Crippen LogP contribution in [0.15, 0.2) is 77.8 Å². The molecule has 3 rings (SSSR count). The van der Waals surface area contributed by atoms with E-state index < -0.39 is 10.0 Å². The summed E-state index contributed by atoms with van der Waals surface area (Å²) in [4.78, 5) is 19.4. The molecule has 31 heavy (non-hydrogen) atoms. The number of halogens is 1. The quantitative estimate of drug-likeness (QED) is 0.495. The van der Waals surface area contributed by atoms with Crippen molar-refractivity contribution in [3.8, 4) is 0 Å². The van der Waals surface area contributed by atoms with Crippen molar-refractivity contribution < 1.29 is 13.2 Å². The molecule has 1 heterocycles. The van der Waals surface area contributed by atoms with Crippen molar-refractivity contribution in [3.63, 3.8) is 0 Å². The minimum absolute atomic E-state index is 0.163. The summed E-state index contributed by atoms with van der Waals surface area (Å²) >= 11 is 6.01. The fourth-order valence-electron chi connectivity index (χ4n) is 3.19. The number of pyridine rings is 1. The molecule has 1 amide bonds. The van der Waals surface area contributed by atoms with Gasteiger partial charge in [-0.15, -0.1) is 0 Å². The van der Waals surface area contributed by atoms with E-state index in [1.165, 1.54) is 16.4 Å². The van der Waals surface area contributed by atoms with Gasteiger partial charge in [0.2, 0.25) is 10.0 Å². The smallest absolute Gasteiger partial charge is 0.258 e. The number of benzene rings is 2. The first-order valence-corrected chi connectivity index (χ1v) is 11.8. The minimum Gasteiger partial charge on any atom is -0.302 e. The lowest BCUT2D eigenvalue weighted by Crippen LogP contribution is -2.31. The number of carbonyl (C=O) groups excluding carboxylic acids is 1. The highest BCUT2D eigenvalue weighted by Crippen LogP contribution is 2.23. The molecule has 2 aromatic carbocycles. The standard InChI is InChI=1S/C23H24ClN3O3S/c1-3-26(4-2)31(29,30)22-14-8-18(9-15-22)23(28)27(17-20-7-5-6-16-25-20)21-12-10-19(24)11-13-21/h5-16H,3-4,17H2,1-2H3. The average Bonchev–Trinajstić information content (AvgIpc) is 2.79. The Labute approximate surface area is 188 Å². The van der Waals surface area contributed by atoms with Gasteiger partial charge in [0.15, 0.2) is 0 Å². The molecule has 0 aliphatic heterocycles. The number of hydrogen-bond acceptors (Lipinski definition) is 4. The van der Waals surface area contributed by atoms with Gasteiger partial charge in [0.25, 0.3) is 5.91 Å². The summed E-state index contributed by atoms with van der Waals surface area (Å²) in [7, 11) is -3.59. The van der Waals surface area contributed by atoms with E-state index in [-0.39, 0.29) is 17.3 Å². The van der Waals surface area contributed by atoms with E-state index in [0.717, 1.165) is 5.69 Å².